The maximum absolute atomic E-state index is 11.4. The van der Waals surface area contributed by atoms with E-state index in [1.807, 2.05) is 0 Å². The van der Waals surface area contributed by atoms with E-state index in [1.165, 1.54) is 6.42 Å². The molecular weight excluding hydrogens is 156 g/mol. The zero-order valence-corrected chi connectivity index (χ0v) is 6.85. The van der Waals surface area contributed by atoms with Gasteiger partial charge in [0.1, 0.15) is 5.54 Å². The van der Waals surface area contributed by atoms with E-state index >= 15 is 0 Å². The standard InChI is InChI=1S/C8H12N2O2/c11-6-7(12)9-10-8(6)4-2-1-3-5-8/h10H,1-5H2,(H,9,12). The summed E-state index contributed by atoms with van der Waals surface area (Å²) in [6, 6.07) is 0. The predicted octanol–water partition coefficient (Wildman–Crippen LogP) is -0.107. The molecule has 0 aromatic carbocycles. The van der Waals surface area contributed by atoms with Crippen molar-refractivity contribution in [3.63, 3.8) is 0 Å². The van der Waals surface area contributed by atoms with Gasteiger partial charge in [0, 0.05) is 0 Å². The van der Waals surface area contributed by atoms with Crippen molar-refractivity contribution < 1.29 is 9.59 Å². The molecule has 0 unspecified atom stereocenters. The van der Waals surface area contributed by atoms with Crippen molar-refractivity contribution >= 4 is 11.7 Å². The lowest BCUT2D eigenvalue weighted by molar-refractivity contribution is -0.137. The Balaban J connectivity index is 2.19. The first-order chi connectivity index (χ1) is 5.75. The number of Topliss-reactive ketones (excluding diaryl/α,β-unsaturated/α-hetero) is 1. The number of nitrogens with one attached hydrogen (secondary N) is 2. The van der Waals surface area contributed by atoms with Crippen LogP contribution in [0.25, 0.3) is 0 Å². The van der Waals surface area contributed by atoms with Gasteiger partial charge < -0.3 is 0 Å². The van der Waals surface area contributed by atoms with E-state index in [2.05, 4.69) is 10.9 Å². The van der Waals surface area contributed by atoms with Gasteiger partial charge in [0.05, 0.1) is 0 Å². The zero-order chi connectivity index (χ0) is 8.60. The highest BCUT2D eigenvalue weighted by Gasteiger charge is 2.47. The first-order valence-corrected chi connectivity index (χ1v) is 4.37. The molecule has 66 valence electrons. The largest absolute Gasteiger partial charge is 0.303 e. The van der Waals surface area contributed by atoms with Crippen LogP contribution >= 0.6 is 0 Å². The Morgan fingerprint density at radius 1 is 1.08 bits per heavy atom. The van der Waals surface area contributed by atoms with Gasteiger partial charge in [-0.05, 0) is 12.8 Å². The molecule has 4 nitrogen and oxygen atoms in total. The minimum absolute atomic E-state index is 0.276. The third kappa shape index (κ3) is 0.948. The average molecular weight is 168 g/mol. The molecule has 1 saturated carbocycles. The molecular formula is C8H12N2O2. The molecule has 2 aliphatic rings. The Labute approximate surface area is 70.7 Å². The fraction of sp³-hybridized carbons (Fsp3) is 0.750. The molecule has 0 atom stereocenters. The Kier molecular flexibility index (Phi) is 1.65. The second-order valence-corrected chi connectivity index (χ2v) is 3.55. The Morgan fingerprint density at radius 3 is 2.25 bits per heavy atom. The van der Waals surface area contributed by atoms with Crippen LogP contribution in [0.2, 0.25) is 0 Å². The molecule has 4 heteroatoms. The summed E-state index contributed by atoms with van der Waals surface area (Å²) in [6.45, 7) is 0. The van der Waals surface area contributed by atoms with Gasteiger partial charge in [-0.2, -0.15) is 0 Å². The van der Waals surface area contributed by atoms with Crippen molar-refractivity contribution in [2.75, 3.05) is 0 Å². The van der Waals surface area contributed by atoms with E-state index in [-0.39, 0.29) is 5.78 Å². The monoisotopic (exact) mass is 168 g/mol. The lowest BCUT2D eigenvalue weighted by Crippen LogP contribution is -2.49. The highest BCUT2D eigenvalue weighted by molar-refractivity contribution is 6.41. The summed E-state index contributed by atoms with van der Waals surface area (Å²) in [4.78, 5) is 22.3. The molecule has 0 radical (unpaired) electrons. The number of amides is 1. The summed E-state index contributed by atoms with van der Waals surface area (Å²) < 4.78 is 0. The number of rotatable bonds is 0. The van der Waals surface area contributed by atoms with Crippen LogP contribution in [0.4, 0.5) is 0 Å². The van der Waals surface area contributed by atoms with Gasteiger partial charge in [0.25, 0.3) is 0 Å². The number of hydrogen-bond acceptors (Lipinski definition) is 3. The Hall–Kier alpha value is -0.900. The predicted molar refractivity (Wildman–Crippen MR) is 42.1 cm³/mol. The van der Waals surface area contributed by atoms with Crippen molar-refractivity contribution in [2.24, 2.45) is 0 Å². The molecule has 1 aliphatic heterocycles. The van der Waals surface area contributed by atoms with Crippen LogP contribution in [0.5, 0.6) is 0 Å². The van der Waals surface area contributed by atoms with Gasteiger partial charge in [-0.15, -0.1) is 0 Å². The molecule has 1 spiro atoms. The molecule has 1 amide bonds. The highest BCUT2D eigenvalue weighted by Crippen LogP contribution is 2.30. The normalized spacial score (nSPS) is 27.7. The molecule has 0 aromatic rings. The van der Waals surface area contributed by atoms with E-state index in [0.717, 1.165) is 25.7 Å². The van der Waals surface area contributed by atoms with Crippen molar-refractivity contribution in [3.8, 4) is 0 Å². The number of carbonyl (C=O) groups excluding carboxylic acids is 2. The van der Waals surface area contributed by atoms with E-state index < -0.39 is 11.4 Å². The van der Waals surface area contributed by atoms with Crippen molar-refractivity contribution in [1.29, 1.82) is 0 Å². The second kappa shape index (κ2) is 2.55. The lowest BCUT2D eigenvalue weighted by Gasteiger charge is -2.29. The van der Waals surface area contributed by atoms with Crippen molar-refractivity contribution in [2.45, 2.75) is 37.6 Å². The molecule has 1 heterocycles. The molecule has 2 rings (SSSR count). The molecule has 0 bridgehead atoms. The molecule has 1 aliphatic carbocycles. The van der Waals surface area contributed by atoms with Gasteiger partial charge in [0.15, 0.2) is 0 Å². The zero-order valence-electron chi connectivity index (χ0n) is 6.85. The summed E-state index contributed by atoms with van der Waals surface area (Å²) in [6.07, 6.45) is 4.83. The summed E-state index contributed by atoms with van der Waals surface area (Å²) in [7, 11) is 0. The van der Waals surface area contributed by atoms with Crippen LogP contribution in [-0.4, -0.2) is 17.2 Å². The van der Waals surface area contributed by atoms with Gasteiger partial charge in [-0.1, -0.05) is 19.3 Å². The van der Waals surface area contributed by atoms with Crippen LogP contribution < -0.4 is 10.9 Å². The number of carbonyl (C=O) groups is 2. The molecule has 0 aromatic heterocycles. The molecule has 2 fully saturated rings. The van der Waals surface area contributed by atoms with Crippen molar-refractivity contribution in [1.82, 2.24) is 10.9 Å². The van der Waals surface area contributed by atoms with Crippen LogP contribution in [0, 0.1) is 0 Å². The van der Waals surface area contributed by atoms with Gasteiger partial charge in [-0.25, -0.2) is 5.43 Å². The summed E-state index contributed by atoms with van der Waals surface area (Å²) in [5, 5.41) is 0. The first kappa shape index (κ1) is 7.73. The lowest BCUT2D eigenvalue weighted by atomic mass is 9.80. The molecule has 12 heavy (non-hydrogen) atoms. The Morgan fingerprint density at radius 2 is 1.75 bits per heavy atom. The second-order valence-electron chi connectivity index (χ2n) is 3.55. The molecule has 2 N–H and O–H groups in total. The van der Waals surface area contributed by atoms with E-state index in [4.69, 9.17) is 0 Å². The van der Waals surface area contributed by atoms with Gasteiger partial charge in [0.2, 0.25) is 5.78 Å². The SMILES string of the molecule is O=C1NNC2(CCCCC2)C1=O. The van der Waals surface area contributed by atoms with Gasteiger partial charge in [-0.3, -0.25) is 15.0 Å². The average Bonchev–Trinajstić information content (AvgIpc) is 2.37. The number of hydrazine groups is 1. The number of ketones is 1. The summed E-state index contributed by atoms with van der Waals surface area (Å²) in [5.41, 5.74) is 4.67. The Bertz CT molecular complexity index is 231. The van der Waals surface area contributed by atoms with Crippen LogP contribution in [0.3, 0.4) is 0 Å². The topological polar surface area (TPSA) is 58.2 Å². The molecule has 1 saturated heterocycles. The smallest absolute Gasteiger partial charge is 0.286 e. The van der Waals surface area contributed by atoms with Gasteiger partial charge >= 0.3 is 5.91 Å². The highest BCUT2D eigenvalue weighted by atomic mass is 16.2. The summed E-state index contributed by atoms with van der Waals surface area (Å²) in [5.74, 6) is -0.751. The fourth-order valence-corrected chi connectivity index (χ4v) is 2.01. The number of hydrogen-bond donors (Lipinski definition) is 2. The minimum atomic E-state index is -0.546. The fourth-order valence-electron chi connectivity index (χ4n) is 2.01. The van der Waals surface area contributed by atoms with E-state index in [1.54, 1.807) is 0 Å². The summed E-state index contributed by atoms with van der Waals surface area (Å²) >= 11 is 0. The quantitative estimate of drug-likeness (QED) is 0.496. The van der Waals surface area contributed by atoms with Crippen LogP contribution in [-0.2, 0) is 9.59 Å². The van der Waals surface area contributed by atoms with Crippen molar-refractivity contribution in [3.05, 3.63) is 0 Å². The maximum Gasteiger partial charge on any atom is 0.303 e. The van der Waals surface area contributed by atoms with E-state index in [9.17, 15) is 9.59 Å². The third-order valence-corrected chi connectivity index (χ3v) is 2.76. The maximum atomic E-state index is 11.4. The minimum Gasteiger partial charge on any atom is -0.286 e. The third-order valence-electron chi connectivity index (χ3n) is 2.76. The van der Waals surface area contributed by atoms with Crippen LogP contribution in [0.1, 0.15) is 32.1 Å². The first-order valence-electron chi connectivity index (χ1n) is 4.37. The van der Waals surface area contributed by atoms with Crippen LogP contribution in [0.15, 0.2) is 0 Å². The van der Waals surface area contributed by atoms with E-state index in [0.29, 0.717) is 0 Å².